The summed E-state index contributed by atoms with van der Waals surface area (Å²) in [5.74, 6) is 2.26. The number of phenols is 1. The lowest BCUT2D eigenvalue weighted by atomic mass is 9.85. The van der Waals surface area contributed by atoms with Crippen LogP contribution in [0.2, 0.25) is 0 Å². The van der Waals surface area contributed by atoms with Gasteiger partial charge < -0.3 is 25.4 Å². The molecule has 5 nitrogen and oxygen atoms in total. The van der Waals surface area contributed by atoms with Gasteiger partial charge in [-0.05, 0) is 71.8 Å². The Morgan fingerprint density at radius 1 is 1.00 bits per heavy atom. The van der Waals surface area contributed by atoms with Crippen molar-refractivity contribution >= 4 is 5.70 Å². The number of likely N-dealkylation sites (N-methyl/N-ethyl adjacent to an activating group) is 1. The molecule has 2 aromatic rings. The van der Waals surface area contributed by atoms with Crippen molar-refractivity contribution in [2.24, 2.45) is 5.92 Å². The number of aromatic hydroxyl groups is 1. The predicted molar refractivity (Wildman–Crippen MR) is 127 cm³/mol. The van der Waals surface area contributed by atoms with E-state index in [2.05, 4.69) is 59.1 Å². The molecule has 2 aromatic carbocycles. The molecular weight excluding hydrogens is 398 g/mol. The molecule has 5 atom stereocenters. The zero-order valence-corrected chi connectivity index (χ0v) is 19.0. The summed E-state index contributed by atoms with van der Waals surface area (Å²) in [5.41, 5.74) is 7.58. The van der Waals surface area contributed by atoms with Crippen molar-refractivity contribution in [2.45, 2.75) is 49.7 Å². The zero-order valence-electron chi connectivity index (χ0n) is 19.0. The highest BCUT2D eigenvalue weighted by molar-refractivity contribution is 5.76. The summed E-state index contributed by atoms with van der Waals surface area (Å²) in [7, 11) is 3.94. The standard InChI is InChI=1S/C27H33N3O2/c1-30-14-23(29-27(30)22-11-16(13-28-22)15-32-2)18-5-3-17(4-6-18)21-9-10-24(31)26-20-8-7-19(12-20)25(21)26/h3-6,9-10,14,16,19-20,22,27-29,31H,7-8,11-13,15H2,1-2H3/t16-,19?,20?,22-,27?/m0/s1. The van der Waals surface area contributed by atoms with E-state index < -0.39 is 0 Å². The van der Waals surface area contributed by atoms with E-state index in [9.17, 15) is 5.11 Å². The van der Waals surface area contributed by atoms with Crippen molar-refractivity contribution in [3.05, 3.63) is 59.3 Å². The SMILES string of the molecule is COC[C@@H]1CN[C@H](C2NC(c3ccc(-c4ccc(O)c5c4C4CCC5C4)cc3)=CN2C)C1. The summed E-state index contributed by atoms with van der Waals surface area (Å²) < 4.78 is 5.35. The first kappa shape index (κ1) is 20.1. The quantitative estimate of drug-likeness (QED) is 0.662. The van der Waals surface area contributed by atoms with Crippen LogP contribution in [0, 0.1) is 5.92 Å². The Kier molecular flexibility index (Phi) is 4.92. The van der Waals surface area contributed by atoms with Crippen molar-refractivity contribution in [3.8, 4) is 16.9 Å². The molecule has 2 aliphatic heterocycles. The highest BCUT2D eigenvalue weighted by Crippen LogP contribution is 2.58. The van der Waals surface area contributed by atoms with Crippen molar-refractivity contribution < 1.29 is 9.84 Å². The number of hydrogen-bond donors (Lipinski definition) is 3. The molecule has 32 heavy (non-hydrogen) atoms. The fourth-order valence-corrected chi connectivity index (χ4v) is 6.65. The number of methoxy groups -OCH3 is 1. The number of nitrogens with one attached hydrogen (secondary N) is 2. The lowest BCUT2D eigenvalue weighted by molar-refractivity contribution is 0.156. The van der Waals surface area contributed by atoms with Crippen LogP contribution >= 0.6 is 0 Å². The fraction of sp³-hybridized carbons (Fsp3) is 0.481. The third-order valence-corrected chi connectivity index (χ3v) is 8.13. The maximum atomic E-state index is 10.5. The number of hydrogen-bond acceptors (Lipinski definition) is 5. The lowest BCUT2D eigenvalue weighted by Gasteiger charge is -2.27. The summed E-state index contributed by atoms with van der Waals surface area (Å²) >= 11 is 0. The van der Waals surface area contributed by atoms with E-state index in [0.717, 1.165) is 19.6 Å². The Morgan fingerprint density at radius 2 is 1.75 bits per heavy atom. The van der Waals surface area contributed by atoms with Gasteiger partial charge in [-0.3, -0.25) is 0 Å². The molecule has 6 rings (SSSR count). The molecule has 3 N–H and O–H groups in total. The van der Waals surface area contributed by atoms with E-state index in [0.29, 0.717) is 29.5 Å². The maximum absolute atomic E-state index is 10.5. The largest absolute Gasteiger partial charge is 0.508 e. The van der Waals surface area contributed by atoms with Gasteiger partial charge in [0.1, 0.15) is 11.9 Å². The molecule has 0 radical (unpaired) electrons. The molecule has 2 bridgehead atoms. The third-order valence-electron chi connectivity index (χ3n) is 8.13. The Bertz CT molecular complexity index is 1050. The van der Waals surface area contributed by atoms with Crippen molar-refractivity contribution in [1.82, 2.24) is 15.5 Å². The lowest BCUT2D eigenvalue weighted by Crippen LogP contribution is -2.48. The minimum absolute atomic E-state index is 0.266. The number of nitrogens with zero attached hydrogens (tertiary/aromatic N) is 1. The van der Waals surface area contributed by atoms with Gasteiger partial charge in [-0.1, -0.05) is 30.3 Å². The van der Waals surface area contributed by atoms with Crippen LogP contribution in [0.5, 0.6) is 5.75 Å². The molecule has 1 saturated heterocycles. The zero-order chi connectivity index (χ0) is 21.8. The van der Waals surface area contributed by atoms with Crippen LogP contribution in [0.3, 0.4) is 0 Å². The fourth-order valence-electron chi connectivity index (χ4n) is 6.65. The highest BCUT2D eigenvalue weighted by Gasteiger charge is 2.40. The van der Waals surface area contributed by atoms with Crippen LogP contribution in [0.15, 0.2) is 42.6 Å². The molecule has 5 heteroatoms. The average Bonchev–Trinajstić information content (AvgIpc) is 3.59. The van der Waals surface area contributed by atoms with Gasteiger partial charge in [-0.2, -0.15) is 0 Å². The molecule has 168 valence electrons. The molecule has 0 aromatic heterocycles. The first-order valence-corrected chi connectivity index (χ1v) is 12.0. The third kappa shape index (κ3) is 3.22. The summed E-state index contributed by atoms with van der Waals surface area (Å²) in [5, 5.41) is 17.9. The highest BCUT2D eigenvalue weighted by atomic mass is 16.5. The first-order valence-electron chi connectivity index (χ1n) is 12.0. The Hall–Kier alpha value is -2.50. The van der Waals surface area contributed by atoms with Gasteiger partial charge in [-0.25, -0.2) is 0 Å². The van der Waals surface area contributed by atoms with Crippen LogP contribution in [-0.4, -0.2) is 49.5 Å². The molecule has 1 saturated carbocycles. The smallest absolute Gasteiger partial charge is 0.119 e. The predicted octanol–water partition coefficient (Wildman–Crippen LogP) is 4.21. The average molecular weight is 432 g/mol. The van der Waals surface area contributed by atoms with E-state index in [1.54, 1.807) is 7.11 Å². The van der Waals surface area contributed by atoms with Gasteiger partial charge in [0.15, 0.2) is 0 Å². The molecule has 0 spiro atoms. The van der Waals surface area contributed by atoms with Crippen molar-refractivity contribution in [2.75, 3.05) is 27.3 Å². The second-order valence-electron chi connectivity index (χ2n) is 10.1. The Morgan fingerprint density at radius 3 is 2.53 bits per heavy atom. The summed E-state index contributed by atoms with van der Waals surface area (Å²) in [6, 6.07) is 13.4. The van der Waals surface area contributed by atoms with Gasteiger partial charge in [0.25, 0.3) is 0 Å². The number of rotatable bonds is 5. The molecule has 3 unspecified atom stereocenters. The summed E-state index contributed by atoms with van der Waals surface area (Å²) in [6.07, 6.45) is 7.32. The summed E-state index contributed by atoms with van der Waals surface area (Å²) in [4.78, 5) is 2.29. The monoisotopic (exact) mass is 431 g/mol. The van der Waals surface area contributed by atoms with Crippen LogP contribution < -0.4 is 10.6 Å². The number of phenolic OH excluding ortho intramolecular Hbond substituents is 1. The Labute approximate surface area is 190 Å². The van der Waals surface area contributed by atoms with Crippen LogP contribution in [0.25, 0.3) is 16.8 Å². The van der Waals surface area contributed by atoms with E-state index >= 15 is 0 Å². The topological polar surface area (TPSA) is 56.8 Å². The normalized spacial score (nSPS) is 30.5. The molecule has 2 heterocycles. The van der Waals surface area contributed by atoms with Crippen LogP contribution in [0.4, 0.5) is 0 Å². The second kappa shape index (κ2) is 7.82. The van der Waals surface area contributed by atoms with Crippen LogP contribution in [0.1, 0.15) is 54.2 Å². The van der Waals surface area contributed by atoms with Crippen molar-refractivity contribution in [1.29, 1.82) is 0 Å². The van der Waals surface area contributed by atoms with E-state index in [-0.39, 0.29) is 6.17 Å². The molecular formula is C27H33N3O2. The molecule has 2 aliphatic carbocycles. The number of fused-ring (bicyclic) bond motifs is 5. The van der Waals surface area contributed by atoms with Gasteiger partial charge in [0, 0.05) is 38.5 Å². The van der Waals surface area contributed by atoms with Crippen LogP contribution in [-0.2, 0) is 4.74 Å². The molecule has 0 amide bonds. The van der Waals surface area contributed by atoms with E-state index in [4.69, 9.17) is 4.74 Å². The molecule has 2 fully saturated rings. The van der Waals surface area contributed by atoms with Gasteiger partial charge in [-0.15, -0.1) is 0 Å². The Balaban J connectivity index is 1.21. The summed E-state index contributed by atoms with van der Waals surface area (Å²) in [6.45, 7) is 1.84. The number of ether oxygens (including phenoxy) is 1. The van der Waals surface area contributed by atoms with Crippen molar-refractivity contribution in [3.63, 3.8) is 0 Å². The first-order chi connectivity index (χ1) is 15.6. The van der Waals surface area contributed by atoms with Gasteiger partial charge in [0.2, 0.25) is 0 Å². The maximum Gasteiger partial charge on any atom is 0.119 e. The van der Waals surface area contributed by atoms with E-state index in [1.807, 2.05) is 6.07 Å². The molecule has 4 aliphatic rings. The number of benzene rings is 2. The minimum atomic E-state index is 0.266. The second-order valence-corrected chi connectivity index (χ2v) is 10.1. The minimum Gasteiger partial charge on any atom is -0.508 e. The van der Waals surface area contributed by atoms with Gasteiger partial charge in [0.05, 0.1) is 12.3 Å². The van der Waals surface area contributed by atoms with E-state index in [1.165, 1.54) is 52.8 Å². The van der Waals surface area contributed by atoms with Gasteiger partial charge >= 0.3 is 0 Å².